The van der Waals surface area contributed by atoms with Crippen LogP contribution in [0.25, 0.3) is 42.9 Å². The standard InChI is InChI=1S/C22H13BrN2S/c23-16-12-10-15(11-13-16)22-24-19(14-6-2-1-3-7-14)21-20(25-22)17-8-4-5-9-18(17)26-21/h1-13H. The van der Waals surface area contributed by atoms with E-state index in [0.717, 1.165) is 37.3 Å². The van der Waals surface area contributed by atoms with Crippen LogP contribution < -0.4 is 0 Å². The third-order valence-electron chi connectivity index (χ3n) is 4.37. The van der Waals surface area contributed by atoms with Crippen molar-refractivity contribution in [2.75, 3.05) is 0 Å². The van der Waals surface area contributed by atoms with Gasteiger partial charge in [0.15, 0.2) is 5.82 Å². The van der Waals surface area contributed by atoms with Gasteiger partial charge in [-0.25, -0.2) is 9.97 Å². The van der Waals surface area contributed by atoms with Crippen LogP contribution in [-0.2, 0) is 0 Å². The average molecular weight is 417 g/mol. The Kier molecular flexibility index (Phi) is 3.80. The van der Waals surface area contributed by atoms with E-state index in [0.29, 0.717) is 0 Å². The van der Waals surface area contributed by atoms with Crippen molar-refractivity contribution in [3.05, 3.63) is 83.3 Å². The van der Waals surface area contributed by atoms with Gasteiger partial charge in [-0.2, -0.15) is 0 Å². The molecule has 124 valence electrons. The molecule has 5 rings (SSSR count). The molecule has 3 aromatic carbocycles. The fourth-order valence-electron chi connectivity index (χ4n) is 3.11. The Morgan fingerprint density at radius 1 is 0.692 bits per heavy atom. The lowest BCUT2D eigenvalue weighted by Crippen LogP contribution is -1.93. The molecule has 2 heterocycles. The molecule has 0 aliphatic heterocycles. The zero-order chi connectivity index (χ0) is 17.5. The molecule has 0 radical (unpaired) electrons. The van der Waals surface area contributed by atoms with Crippen LogP contribution in [0.15, 0.2) is 83.3 Å². The second-order valence-electron chi connectivity index (χ2n) is 6.04. The molecule has 0 fully saturated rings. The maximum Gasteiger partial charge on any atom is 0.160 e. The van der Waals surface area contributed by atoms with Crippen molar-refractivity contribution in [1.82, 2.24) is 9.97 Å². The van der Waals surface area contributed by atoms with Crippen LogP contribution in [-0.4, -0.2) is 9.97 Å². The Morgan fingerprint density at radius 3 is 2.23 bits per heavy atom. The summed E-state index contributed by atoms with van der Waals surface area (Å²) in [6, 6.07) is 26.9. The lowest BCUT2D eigenvalue weighted by atomic mass is 10.1. The molecule has 5 aromatic rings. The molecule has 2 nitrogen and oxygen atoms in total. The number of halogens is 1. The molecule has 0 aliphatic rings. The molecule has 4 heteroatoms. The van der Waals surface area contributed by atoms with Gasteiger partial charge in [0.2, 0.25) is 0 Å². The first-order valence-electron chi connectivity index (χ1n) is 8.30. The van der Waals surface area contributed by atoms with Crippen molar-refractivity contribution in [2.45, 2.75) is 0 Å². The zero-order valence-electron chi connectivity index (χ0n) is 13.7. The van der Waals surface area contributed by atoms with E-state index in [2.05, 4.69) is 76.6 Å². The summed E-state index contributed by atoms with van der Waals surface area (Å²) in [4.78, 5) is 9.88. The minimum absolute atomic E-state index is 0.757. The van der Waals surface area contributed by atoms with E-state index < -0.39 is 0 Å². The predicted octanol–water partition coefficient (Wildman–Crippen LogP) is 6.94. The number of thiophene rings is 1. The third-order valence-corrected chi connectivity index (χ3v) is 6.06. The molecule has 0 unspecified atom stereocenters. The van der Waals surface area contributed by atoms with Crippen LogP contribution in [0.1, 0.15) is 0 Å². The summed E-state index contributed by atoms with van der Waals surface area (Å²) >= 11 is 5.25. The topological polar surface area (TPSA) is 25.8 Å². The number of hydrogen-bond donors (Lipinski definition) is 0. The number of aromatic nitrogens is 2. The number of benzene rings is 3. The summed E-state index contributed by atoms with van der Waals surface area (Å²) in [6.07, 6.45) is 0. The average Bonchev–Trinajstić information content (AvgIpc) is 3.07. The number of fused-ring (bicyclic) bond motifs is 3. The van der Waals surface area contributed by atoms with Crippen molar-refractivity contribution in [1.29, 1.82) is 0 Å². The van der Waals surface area contributed by atoms with Crippen LogP contribution >= 0.6 is 27.3 Å². The Bertz CT molecular complexity index is 1230. The van der Waals surface area contributed by atoms with Crippen LogP contribution in [0.3, 0.4) is 0 Å². The van der Waals surface area contributed by atoms with Gasteiger partial charge >= 0.3 is 0 Å². The van der Waals surface area contributed by atoms with E-state index in [-0.39, 0.29) is 0 Å². The summed E-state index contributed by atoms with van der Waals surface area (Å²) in [5.74, 6) is 0.757. The summed E-state index contributed by atoms with van der Waals surface area (Å²) in [5, 5.41) is 1.19. The third kappa shape index (κ3) is 2.62. The Labute approximate surface area is 163 Å². The van der Waals surface area contributed by atoms with Gasteiger partial charge < -0.3 is 0 Å². The van der Waals surface area contributed by atoms with Gasteiger partial charge in [0.05, 0.1) is 15.9 Å². The summed E-state index contributed by atoms with van der Waals surface area (Å²) in [5.41, 5.74) is 4.15. The lowest BCUT2D eigenvalue weighted by molar-refractivity contribution is 1.24. The maximum atomic E-state index is 4.95. The number of hydrogen-bond acceptors (Lipinski definition) is 3. The fourth-order valence-corrected chi connectivity index (χ4v) is 4.53. The molecular formula is C22H13BrN2S. The number of rotatable bonds is 2. The van der Waals surface area contributed by atoms with Gasteiger partial charge in [0.1, 0.15) is 0 Å². The van der Waals surface area contributed by atoms with Gasteiger partial charge in [0.25, 0.3) is 0 Å². The lowest BCUT2D eigenvalue weighted by Gasteiger charge is -2.07. The van der Waals surface area contributed by atoms with E-state index in [1.807, 2.05) is 18.2 Å². The maximum absolute atomic E-state index is 4.95. The number of nitrogens with zero attached hydrogens (tertiary/aromatic N) is 2. The highest BCUT2D eigenvalue weighted by molar-refractivity contribution is 9.10. The van der Waals surface area contributed by atoms with Crippen LogP contribution in [0.4, 0.5) is 0 Å². The van der Waals surface area contributed by atoms with Crippen molar-refractivity contribution in [3.8, 4) is 22.6 Å². The van der Waals surface area contributed by atoms with Crippen molar-refractivity contribution < 1.29 is 0 Å². The summed E-state index contributed by atoms with van der Waals surface area (Å²) in [7, 11) is 0. The molecule has 2 aromatic heterocycles. The highest BCUT2D eigenvalue weighted by Gasteiger charge is 2.15. The molecule has 0 aliphatic carbocycles. The molecule has 26 heavy (non-hydrogen) atoms. The molecule has 0 amide bonds. The quantitative estimate of drug-likeness (QED) is 0.311. The van der Waals surface area contributed by atoms with Gasteiger partial charge in [0, 0.05) is 25.7 Å². The van der Waals surface area contributed by atoms with Gasteiger partial charge in [-0.05, 0) is 18.2 Å². The molecule has 0 saturated heterocycles. The summed E-state index contributed by atoms with van der Waals surface area (Å²) in [6.45, 7) is 0. The smallest absolute Gasteiger partial charge is 0.160 e. The largest absolute Gasteiger partial charge is 0.226 e. The van der Waals surface area contributed by atoms with E-state index in [4.69, 9.17) is 9.97 Å². The molecule has 0 N–H and O–H groups in total. The van der Waals surface area contributed by atoms with Gasteiger partial charge in [-0.3, -0.25) is 0 Å². The fraction of sp³-hybridized carbons (Fsp3) is 0. The highest BCUT2D eigenvalue weighted by Crippen LogP contribution is 2.39. The van der Waals surface area contributed by atoms with E-state index in [1.54, 1.807) is 11.3 Å². The van der Waals surface area contributed by atoms with Crippen LogP contribution in [0.5, 0.6) is 0 Å². The molecule has 0 atom stereocenters. The van der Waals surface area contributed by atoms with Crippen LogP contribution in [0.2, 0.25) is 0 Å². The molecular weight excluding hydrogens is 404 g/mol. The predicted molar refractivity (Wildman–Crippen MR) is 113 cm³/mol. The minimum Gasteiger partial charge on any atom is -0.226 e. The van der Waals surface area contributed by atoms with E-state index in [1.165, 1.54) is 10.1 Å². The minimum atomic E-state index is 0.757. The molecule has 0 bridgehead atoms. The van der Waals surface area contributed by atoms with Gasteiger partial charge in [-0.15, -0.1) is 11.3 Å². The van der Waals surface area contributed by atoms with Crippen molar-refractivity contribution in [2.24, 2.45) is 0 Å². The first-order valence-corrected chi connectivity index (χ1v) is 9.91. The summed E-state index contributed by atoms with van der Waals surface area (Å²) < 4.78 is 3.42. The van der Waals surface area contributed by atoms with Crippen LogP contribution in [0, 0.1) is 0 Å². The highest BCUT2D eigenvalue weighted by atomic mass is 79.9. The second kappa shape index (κ2) is 6.31. The normalized spacial score (nSPS) is 11.3. The van der Waals surface area contributed by atoms with Crippen molar-refractivity contribution >= 4 is 47.6 Å². The molecule has 0 spiro atoms. The Hall–Kier alpha value is -2.56. The van der Waals surface area contributed by atoms with E-state index in [9.17, 15) is 0 Å². The second-order valence-corrected chi connectivity index (χ2v) is 8.01. The van der Waals surface area contributed by atoms with Gasteiger partial charge in [-0.1, -0.05) is 76.6 Å². The zero-order valence-corrected chi connectivity index (χ0v) is 16.1. The van der Waals surface area contributed by atoms with E-state index >= 15 is 0 Å². The SMILES string of the molecule is Brc1ccc(-c2nc(-c3ccccc3)c3sc4ccccc4c3n2)cc1. The Balaban J connectivity index is 1.87. The first kappa shape index (κ1) is 15.7. The Morgan fingerprint density at radius 2 is 1.42 bits per heavy atom. The molecule has 0 saturated carbocycles. The van der Waals surface area contributed by atoms with Crippen molar-refractivity contribution in [3.63, 3.8) is 0 Å². The monoisotopic (exact) mass is 416 g/mol. The first-order chi connectivity index (χ1) is 12.8.